The highest BCUT2D eigenvalue weighted by Gasteiger charge is 2.21. The van der Waals surface area contributed by atoms with Gasteiger partial charge in [0.05, 0.1) is 6.10 Å². The second-order valence-electron chi connectivity index (χ2n) is 5.07. The van der Waals surface area contributed by atoms with Crippen molar-refractivity contribution in [2.45, 2.75) is 50.7 Å². The molecule has 0 spiro atoms. The molecule has 0 bridgehead atoms. The first-order valence-electron chi connectivity index (χ1n) is 6.42. The molecular formula is C12H24N2O. The lowest BCUT2D eigenvalue weighted by molar-refractivity contribution is 0.104. The number of ether oxygens (including phenoxy) is 1. The van der Waals surface area contributed by atoms with Crippen molar-refractivity contribution in [2.75, 3.05) is 19.7 Å². The van der Waals surface area contributed by atoms with Crippen molar-refractivity contribution in [1.82, 2.24) is 5.32 Å². The summed E-state index contributed by atoms with van der Waals surface area (Å²) in [6.45, 7) is 3.24. The van der Waals surface area contributed by atoms with E-state index in [1.54, 1.807) is 0 Å². The molecule has 0 radical (unpaired) electrons. The minimum atomic E-state index is 0.468. The van der Waals surface area contributed by atoms with Gasteiger partial charge in [0, 0.05) is 12.6 Å². The van der Waals surface area contributed by atoms with E-state index in [1.807, 2.05) is 0 Å². The normalized spacial score (nSPS) is 36.2. The van der Waals surface area contributed by atoms with Gasteiger partial charge in [-0.25, -0.2) is 0 Å². The number of rotatable bonds is 5. The molecule has 2 rings (SSSR count). The Kier molecular flexibility index (Phi) is 4.42. The van der Waals surface area contributed by atoms with Gasteiger partial charge in [0.2, 0.25) is 0 Å². The average molecular weight is 212 g/mol. The molecule has 1 aliphatic carbocycles. The lowest BCUT2D eigenvalue weighted by atomic mass is 10.1. The van der Waals surface area contributed by atoms with Gasteiger partial charge in [0.25, 0.3) is 0 Å². The van der Waals surface area contributed by atoms with Crippen molar-refractivity contribution in [3.8, 4) is 0 Å². The first-order valence-corrected chi connectivity index (χ1v) is 6.42. The fourth-order valence-electron chi connectivity index (χ4n) is 2.74. The standard InChI is InChI=1S/C12H24N2O/c13-11-4-3-10(8-11)9-14-6-5-12-2-1-7-15-12/h10-12,14H,1-9,13H2. The van der Waals surface area contributed by atoms with Gasteiger partial charge < -0.3 is 15.8 Å². The third-order valence-electron chi connectivity index (χ3n) is 3.68. The molecule has 0 aromatic carbocycles. The van der Waals surface area contributed by atoms with Crippen molar-refractivity contribution >= 4 is 0 Å². The minimum absolute atomic E-state index is 0.468. The Morgan fingerprint density at radius 2 is 2.20 bits per heavy atom. The Morgan fingerprint density at radius 3 is 2.87 bits per heavy atom. The molecule has 3 atom stereocenters. The van der Waals surface area contributed by atoms with Crippen LogP contribution in [-0.4, -0.2) is 31.8 Å². The third kappa shape index (κ3) is 3.74. The van der Waals surface area contributed by atoms with Crippen LogP contribution in [0.4, 0.5) is 0 Å². The van der Waals surface area contributed by atoms with Gasteiger partial charge in [-0.1, -0.05) is 0 Å². The second kappa shape index (κ2) is 5.83. The van der Waals surface area contributed by atoms with Gasteiger partial charge >= 0.3 is 0 Å². The lowest BCUT2D eigenvalue weighted by Gasteiger charge is -2.13. The van der Waals surface area contributed by atoms with Crippen LogP contribution in [0.1, 0.15) is 38.5 Å². The number of hydrogen-bond acceptors (Lipinski definition) is 3. The van der Waals surface area contributed by atoms with Crippen LogP contribution in [0, 0.1) is 5.92 Å². The Morgan fingerprint density at radius 1 is 1.27 bits per heavy atom. The van der Waals surface area contributed by atoms with Crippen LogP contribution in [0.5, 0.6) is 0 Å². The summed E-state index contributed by atoms with van der Waals surface area (Å²) in [4.78, 5) is 0. The maximum atomic E-state index is 5.88. The Bertz CT molecular complexity index is 180. The quantitative estimate of drug-likeness (QED) is 0.675. The van der Waals surface area contributed by atoms with Crippen molar-refractivity contribution in [3.63, 3.8) is 0 Å². The van der Waals surface area contributed by atoms with Crippen LogP contribution in [0.2, 0.25) is 0 Å². The van der Waals surface area contributed by atoms with E-state index in [4.69, 9.17) is 10.5 Å². The Balaban J connectivity index is 1.48. The van der Waals surface area contributed by atoms with Crippen molar-refractivity contribution in [2.24, 2.45) is 11.7 Å². The van der Waals surface area contributed by atoms with Crippen LogP contribution < -0.4 is 11.1 Å². The van der Waals surface area contributed by atoms with E-state index in [9.17, 15) is 0 Å². The molecule has 3 unspecified atom stereocenters. The van der Waals surface area contributed by atoms with E-state index in [-0.39, 0.29) is 0 Å². The maximum Gasteiger partial charge on any atom is 0.0588 e. The third-order valence-corrected chi connectivity index (χ3v) is 3.68. The highest BCUT2D eigenvalue weighted by atomic mass is 16.5. The molecular weight excluding hydrogens is 188 g/mol. The summed E-state index contributed by atoms with van der Waals surface area (Å²) in [5.41, 5.74) is 5.88. The Hall–Kier alpha value is -0.120. The van der Waals surface area contributed by atoms with Crippen molar-refractivity contribution in [1.29, 1.82) is 0 Å². The largest absolute Gasteiger partial charge is 0.378 e. The fourth-order valence-corrected chi connectivity index (χ4v) is 2.74. The molecule has 1 aliphatic heterocycles. The van der Waals surface area contributed by atoms with Crippen LogP contribution in [0.15, 0.2) is 0 Å². The van der Waals surface area contributed by atoms with E-state index in [1.165, 1.54) is 38.5 Å². The molecule has 3 N–H and O–H groups in total. The van der Waals surface area contributed by atoms with Crippen molar-refractivity contribution < 1.29 is 4.74 Å². The SMILES string of the molecule is NC1CCC(CNCCC2CCCO2)C1. The van der Waals surface area contributed by atoms with Crippen LogP contribution in [0.3, 0.4) is 0 Å². The Labute approximate surface area is 92.7 Å². The topological polar surface area (TPSA) is 47.3 Å². The molecule has 2 aliphatic rings. The van der Waals surface area contributed by atoms with Gasteiger partial charge in [0.15, 0.2) is 0 Å². The molecule has 88 valence electrons. The van der Waals surface area contributed by atoms with Crippen LogP contribution in [0.25, 0.3) is 0 Å². The monoisotopic (exact) mass is 212 g/mol. The van der Waals surface area contributed by atoms with E-state index in [0.717, 1.165) is 25.6 Å². The van der Waals surface area contributed by atoms with E-state index in [0.29, 0.717) is 12.1 Å². The number of nitrogens with two attached hydrogens (primary N) is 1. The summed E-state index contributed by atoms with van der Waals surface area (Å²) >= 11 is 0. The predicted molar refractivity (Wildman–Crippen MR) is 61.8 cm³/mol. The molecule has 0 amide bonds. The van der Waals surface area contributed by atoms with Gasteiger partial charge in [0.1, 0.15) is 0 Å². The number of hydrogen-bond donors (Lipinski definition) is 2. The molecule has 2 fully saturated rings. The zero-order chi connectivity index (χ0) is 10.5. The van der Waals surface area contributed by atoms with E-state index in [2.05, 4.69) is 5.32 Å². The first kappa shape index (κ1) is 11.4. The summed E-state index contributed by atoms with van der Waals surface area (Å²) in [5.74, 6) is 0.824. The first-order chi connectivity index (χ1) is 7.34. The molecule has 1 saturated carbocycles. The minimum Gasteiger partial charge on any atom is -0.378 e. The fraction of sp³-hybridized carbons (Fsp3) is 1.00. The van der Waals surface area contributed by atoms with Crippen LogP contribution in [-0.2, 0) is 4.74 Å². The zero-order valence-corrected chi connectivity index (χ0v) is 9.58. The smallest absolute Gasteiger partial charge is 0.0588 e. The molecule has 3 heteroatoms. The summed E-state index contributed by atoms with van der Waals surface area (Å²) < 4.78 is 5.58. The second-order valence-corrected chi connectivity index (χ2v) is 5.07. The summed E-state index contributed by atoms with van der Waals surface area (Å²) in [6, 6.07) is 0.468. The molecule has 3 nitrogen and oxygen atoms in total. The van der Waals surface area contributed by atoms with E-state index >= 15 is 0 Å². The van der Waals surface area contributed by atoms with Gasteiger partial charge in [-0.15, -0.1) is 0 Å². The lowest BCUT2D eigenvalue weighted by Crippen LogP contribution is -2.26. The molecule has 0 aromatic heterocycles. The van der Waals surface area contributed by atoms with Gasteiger partial charge in [-0.05, 0) is 57.5 Å². The molecule has 15 heavy (non-hydrogen) atoms. The summed E-state index contributed by atoms with van der Waals surface area (Å²) in [7, 11) is 0. The molecule has 1 heterocycles. The van der Waals surface area contributed by atoms with Crippen molar-refractivity contribution in [3.05, 3.63) is 0 Å². The van der Waals surface area contributed by atoms with Gasteiger partial charge in [-0.2, -0.15) is 0 Å². The molecule has 0 aromatic rings. The highest BCUT2D eigenvalue weighted by molar-refractivity contribution is 4.79. The van der Waals surface area contributed by atoms with Crippen LogP contribution >= 0.6 is 0 Å². The number of nitrogens with one attached hydrogen (secondary N) is 1. The predicted octanol–water partition coefficient (Wildman–Crippen LogP) is 1.27. The summed E-state index contributed by atoms with van der Waals surface area (Å²) in [6.07, 6.45) is 7.97. The zero-order valence-electron chi connectivity index (χ0n) is 9.58. The highest BCUT2D eigenvalue weighted by Crippen LogP contribution is 2.23. The summed E-state index contributed by atoms with van der Waals surface area (Å²) in [5, 5.41) is 3.54. The van der Waals surface area contributed by atoms with E-state index < -0.39 is 0 Å². The van der Waals surface area contributed by atoms with Gasteiger partial charge in [-0.3, -0.25) is 0 Å². The maximum absolute atomic E-state index is 5.88. The average Bonchev–Trinajstić information content (AvgIpc) is 2.84. The molecule has 1 saturated heterocycles.